The first-order chi connectivity index (χ1) is 12.1. The number of nitrogens with zero attached hydrogens (tertiary/aromatic N) is 3. The summed E-state index contributed by atoms with van der Waals surface area (Å²) in [7, 11) is 0. The Bertz CT molecular complexity index is 1000. The molecule has 1 aromatic carbocycles. The van der Waals surface area contributed by atoms with Crippen molar-refractivity contribution in [2.75, 3.05) is 13.1 Å². The van der Waals surface area contributed by atoms with E-state index in [4.69, 9.17) is 0 Å². The normalized spacial score (nSPS) is 15.5. The van der Waals surface area contributed by atoms with Crippen molar-refractivity contribution in [2.45, 2.75) is 26.9 Å². The molecule has 128 valence electrons. The summed E-state index contributed by atoms with van der Waals surface area (Å²) in [5.74, 6) is 0. The molecule has 0 radical (unpaired) electrons. The number of fused-ring (bicyclic) bond motifs is 1. The summed E-state index contributed by atoms with van der Waals surface area (Å²) < 4.78 is 1.84. The fourth-order valence-corrected chi connectivity index (χ4v) is 4.56. The summed E-state index contributed by atoms with van der Waals surface area (Å²) in [5, 5.41) is 0.771. The van der Waals surface area contributed by atoms with E-state index in [-0.39, 0.29) is 5.56 Å². The van der Waals surface area contributed by atoms with Crippen LogP contribution in [0.25, 0.3) is 15.8 Å². The van der Waals surface area contributed by atoms with Gasteiger partial charge in [-0.05, 0) is 54.6 Å². The summed E-state index contributed by atoms with van der Waals surface area (Å²) in [6.45, 7) is 6.44. The Balaban J connectivity index is 1.55. The highest BCUT2D eigenvalue weighted by atomic mass is 32.1. The van der Waals surface area contributed by atoms with Crippen LogP contribution in [0.3, 0.4) is 0 Å². The van der Waals surface area contributed by atoms with Gasteiger partial charge in [0.2, 0.25) is 0 Å². The third-order valence-electron chi connectivity index (χ3n) is 4.71. The SMILES string of the molecule is Cc1cc(C)c2c(=O)n(CN3CC=C(c4ccccc4)CC3)sc2n1. The maximum absolute atomic E-state index is 12.7. The molecule has 0 saturated carbocycles. The Hall–Kier alpha value is -2.24. The molecule has 2 aromatic heterocycles. The third kappa shape index (κ3) is 3.17. The Morgan fingerprint density at radius 2 is 2.00 bits per heavy atom. The molecule has 0 spiro atoms. The monoisotopic (exact) mass is 351 g/mol. The molecule has 25 heavy (non-hydrogen) atoms. The molecule has 1 aliphatic heterocycles. The quantitative estimate of drug-likeness (QED) is 0.720. The van der Waals surface area contributed by atoms with E-state index >= 15 is 0 Å². The molecule has 0 amide bonds. The first-order valence-electron chi connectivity index (χ1n) is 8.57. The van der Waals surface area contributed by atoms with Crippen molar-refractivity contribution >= 4 is 27.3 Å². The second-order valence-electron chi connectivity index (χ2n) is 6.60. The largest absolute Gasteiger partial charge is 0.281 e. The summed E-state index contributed by atoms with van der Waals surface area (Å²) in [5.41, 5.74) is 4.77. The molecule has 0 fully saturated rings. The highest BCUT2D eigenvalue weighted by Crippen LogP contribution is 2.23. The highest BCUT2D eigenvalue weighted by molar-refractivity contribution is 7.13. The van der Waals surface area contributed by atoms with Crippen molar-refractivity contribution in [1.82, 2.24) is 13.8 Å². The fourth-order valence-electron chi connectivity index (χ4n) is 3.43. The van der Waals surface area contributed by atoms with Crippen molar-refractivity contribution in [3.05, 3.63) is 69.6 Å². The van der Waals surface area contributed by atoms with Gasteiger partial charge in [0, 0.05) is 18.8 Å². The van der Waals surface area contributed by atoms with Crippen LogP contribution in [-0.4, -0.2) is 26.9 Å². The van der Waals surface area contributed by atoms with Gasteiger partial charge >= 0.3 is 0 Å². The molecule has 0 N–H and O–H groups in total. The van der Waals surface area contributed by atoms with Crippen LogP contribution >= 0.6 is 11.5 Å². The second kappa shape index (κ2) is 6.58. The first kappa shape index (κ1) is 16.2. The number of pyridine rings is 1. The number of benzene rings is 1. The van der Waals surface area contributed by atoms with Gasteiger partial charge in [-0.25, -0.2) is 8.94 Å². The van der Waals surface area contributed by atoms with Crippen molar-refractivity contribution in [1.29, 1.82) is 0 Å². The van der Waals surface area contributed by atoms with Crippen LogP contribution in [0, 0.1) is 13.8 Å². The van der Waals surface area contributed by atoms with Crippen LogP contribution in [0.5, 0.6) is 0 Å². The van der Waals surface area contributed by atoms with E-state index in [0.29, 0.717) is 6.67 Å². The van der Waals surface area contributed by atoms with E-state index in [9.17, 15) is 4.79 Å². The molecule has 3 aromatic rings. The summed E-state index contributed by atoms with van der Waals surface area (Å²) in [6.07, 6.45) is 3.30. The first-order valence-corrected chi connectivity index (χ1v) is 9.34. The second-order valence-corrected chi connectivity index (χ2v) is 7.61. The predicted molar refractivity (Wildman–Crippen MR) is 104 cm³/mol. The van der Waals surface area contributed by atoms with Crippen LogP contribution < -0.4 is 5.56 Å². The zero-order chi connectivity index (χ0) is 17.4. The van der Waals surface area contributed by atoms with E-state index in [1.807, 2.05) is 29.9 Å². The Morgan fingerprint density at radius 1 is 1.20 bits per heavy atom. The highest BCUT2D eigenvalue weighted by Gasteiger charge is 2.17. The van der Waals surface area contributed by atoms with Crippen molar-refractivity contribution in [3.63, 3.8) is 0 Å². The van der Waals surface area contributed by atoms with E-state index in [2.05, 4.69) is 40.2 Å². The lowest BCUT2D eigenvalue weighted by Gasteiger charge is -2.26. The standard InChI is InChI=1S/C20H21N3OS/c1-14-12-15(2)21-19-18(14)20(24)23(25-19)13-22-10-8-17(9-11-22)16-6-4-3-5-7-16/h3-8,12H,9-11,13H2,1-2H3. The number of aromatic nitrogens is 2. The molecule has 0 aliphatic carbocycles. The maximum atomic E-state index is 12.7. The zero-order valence-electron chi connectivity index (χ0n) is 14.5. The molecule has 1 aliphatic rings. The lowest BCUT2D eigenvalue weighted by atomic mass is 10.00. The minimum atomic E-state index is 0.0860. The molecule has 5 heteroatoms. The van der Waals surface area contributed by atoms with Crippen molar-refractivity contribution < 1.29 is 0 Å². The molecule has 4 nitrogen and oxygen atoms in total. The summed E-state index contributed by atoms with van der Waals surface area (Å²) in [6, 6.07) is 12.5. The number of rotatable bonds is 3. The number of hydrogen-bond donors (Lipinski definition) is 0. The Kier molecular flexibility index (Phi) is 4.27. The van der Waals surface area contributed by atoms with Crippen LogP contribution in [0.15, 0.2) is 47.3 Å². The maximum Gasteiger partial charge on any atom is 0.271 e. The van der Waals surface area contributed by atoms with E-state index in [1.165, 1.54) is 22.7 Å². The van der Waals surface area contributed by atoms with E-state index in [1.54, 1.807) is 0 Å². The van der Waals surface area contributed by atoms with Crippen LogP contribution in [0.1, 0.15) is 23.2 Å². The molecule has 3 heterocycles. The Labute approximate surface area is 151 Å². The molecular weight excluding hydrogens is 330 g/mol. The van der Waals surface area contributed by atoms with E-state index in [0.717, 1.165) is 41.0 Å². The molecule has 0 saturated heterocycles. The minimum Gasteiger partial charge on any atom is -0.281 e. The number of aryl methyl sites for hydroxylation is 2. The minimum absolute atomic E-state index is 0.0860. The van der Waals surface area contributed by atoms with Crippen molar-refractivity contribution in [2.24, 2.45) is 0 Å². The zero-order valence-corrected chi connectivity index (χ0v) is 15.3. The van der Waals surface area contributed by atoms with Gasteiger partial charge in [-0.3, -0.25) is 9.69 Å². The van der Waals surface area contributed by atoms with Gasteiger partial charge in [-0.15, -0.1) is 0 Å². The molecule has 0 atom stereocenters. The molecular formula is C20H21N3OS. The van der Waals surface area contributed by atoms with Crippen LogP contribution in [0.4, 0.5) is 0 Å². The Morgan fingerprint density at radius 3 is 2.72 bits per heavy atom. The fraction of sp³-hybridized carbons (Fsp3) is 0.300. The van der Waals surface area contributed by atoms with Crippen LogP contribution in [-0.2, 0) is 6.67 Å². The topological polar surface area (TPSA) is 38.1 Å². The van der Waals surface area contributed by atoms with Gasteiger partial charge < -0.3 is 0 Å². The predicted octanol–water partition coefficient (Wildman–Crippen LogP) is 3.82. The van der Waals surface area contributed by atoms with Gasteiger partial charge in [-0.1, -0.05) is 36.4 Å². The van der Waals surface area contributed by atoms with Gasteiger partial charge in [0.1, 0.15) is 4.83 Å². The van der Waals surface area contributed by atoms with E-state index < -0.39 is 0 Å². The number of hydrogen-bond acceptors (Lipinski definition) is 4. The third-order valence-corrected chi connectivity index (χ3v) is 5.68. The van der Waals surface area contributed by atoms with Gasteiger partial charge in [0.05, 0.1) is 12.1 Å². The van der Waals surface area contributed by atoms with Gasteiger partial charge in [0.25, 0.3) is 5.56 Å². The average molecular weight is 351 g/mol. The summed E-state index contributed by atoms with van der Waals surface area (Å²) >= 11 is 1.47. The van der Waals surface area contributed by atoms with Gasteiger partial charge in [-0.2, -0.15) is 0 Å². The van der Waals surface area contributed by atoms with Crippen LogP contribution in [0.2, 0.25) is 0 Å². The molecule has 4 rings (SSSR count). The summed E-state index contributed by atoms with van der Waals surface area (Å²) in [4.78, 5) is 20.4. The van der Waals surface area contributed by atoms with Crippen molar-refractivity contribution in [3.8, 4) is 0 Å². The average Bonchev–Trinajstić information content (AvgIpc) is 2.92. The molecule has 0 bridgehead atoms. The lowest BCUT2D eigenvalue weighted by molar-refractivity contribution is 0.248. The lowest BCUT2D eigenvalue weighted by Crippen LogP contribution is -2.33. The smallest absolute Gasteiger partial charge is 0.271 e. The molecule has 0 unspecified atom stereocenters. The van der Waals surface area contributed by atoms with Gasteiger partial charge in [0.15, 0.2) is 0 Å².